The van der Waals surface area contributed by atoms with Crippen LogP contribution >= 0.6 is 0 Å². The van der Waals surface area contributed by atoms with Crippen molar-refractivity contribution in [3.8, 4) is 0 Å². The zero-order chi connectivity index (χ0) is 17.4. The van der Waals surface area contributed by atoms with E-state index in [0.717, 1.165) is 35.9 Å². The van der Waals surface area contributed by atoms with Gasteiger partial charge in [0, 0.05) is 48.6 Å². The Kier molecular flexibility index (Phi) is 4.17. The first kappa shape index (κ1) is 16.4. The molecule has 1 saturated carbocycles. The van der Waals surface area contributed by atoms with E-state index in [1.54, 1.807) is 0 Å². The van der Waals surface area contributed by atoms with Gasteiger partial charge in [-0.2, -0.15) is 0 Å². The van der Waals surface area contributed by atoms with Gasteiger partial charge in [0.05, 0.1) is 17.9 Å². The van der Waals surface area contributed by atoms with Gasteiger partial charge in [0.15, 0.2) is 0 Å². The summed E-state index contributed by atoms with van der Waals surface area (Å²) >= 11 is 0. The zero-order valence-corrected chi connectivity index (χ0v) is 14.5. The Morgan fingerprint density at radius 1 is 1.40 bits per heavy atom. The number of anilines is 1. The number of nitrogens with one attached hydrogen (secondary N) is 2. The molecule has 2 amide bonds. The predicted octanol–water partition coefficient (Wildman–Crippen LogP) is 2.95. The molecule has 4 rings (SSSR count). The summed E-state index contributed by atoms with van der Waals surface area (Å²) in [6.45, 7) is 3.96. The number of H-pyrrole nitrogens is 1. The summed E-state index contributed by atoms with van der Waals surface area (Å²) in [5.74, 6) is 0. The summed E-state index contributed by atoms with van der Waals surface area (Å²) in [6, 6.07) is 7.72. The number of aliphatic hydroxyl groups is 1. The smallest absolute Gasteiger partial charge is 0.321 e. The Hall–Kier alpha value is -2.05. The van der Waals surface area contributed by atoms with E-state index < -0.39 is 0 Å². The van der Waals surface area contributed by atoms with E-state index in [-0.39, 0.29) is 23.7 Å². The summed E-state index contributed by atoms with van der Waals surface area (Å²) in [7, 11) is 0. The molecule has 2 aromatic rings. The Morgan fingerprint density at radius 3 is 2.92 bits per heavy atom. The molecule has 0 unspecified atom stereocenters. The van der Waals surface area contributed by atoms with Crippen LogP contribution in [0.4, 0.5) is 10.5 Å². The van der Waals surface area contributed by atoms with Gasteiger partial charge in [-0.1, -0.05) is 6.07 Å². The predicted molar refractivity (Wildman–Crippen MR) is 96.6 cm³/mol. The lowest BCUT2D eigenvalue weighted by Crippen LogP contribution is -2.63. The number of benzene rings is 1. The van der Waals surface area contributed by atoms with E-state index in [9.17, 15) is 9.90 Å². The lowest BCUT2D eigenvalue weighted by Gasteiger charge is -2.56. The minimum Gasteiger partial charge on any atom is -0.392 e. The number of ether oxygens (including phenoxy) is 1. The molecule has 1 aromatic heterocycles. The quantitative estimate of drug-likeness (QED) is 0.802. The first-order valence-electron chi connectivity index (χ1n) is 9.06. The van der Waals surface area contributed by atoms with Gasteiger partial charge in [0.1, 0.15) is 0 Å². The van der Waals surface area contributed by atoms with Crippen molar-refractivity contribution in [2.45, 2.75) is 38.4 Å². The first-order valence-corrected chi connectivity index (χ1v) is 9.06. The second-order valence-corrected chi connectivity index (χ2v) is 7.09. The van der Waals surface area contributed by atoms with Crippen LogP contribution in [-0.4, -0.2) is 52.9 Å². The topological polar surface area (TPSA) is 77.6 Å². The summed E-state index contributed by atoms with van der Waals surface area (Å²) < 4.78 is 5.79. The zero-order valence-electron chi connectivity index (χ0n) is 14.5. The number of rotatable bonds is 3. The first-order chi connectivity index (χ1) is 12.1. The van der Waals surface area contributed by atoms with Crippen molar-refractivity contribution in [1.82, 2.24) is 9.88 Å². The maximum atomic E-state index is 12.7. The molecule has 3 N–H and O–H groups in total. The highest BCUT2D eigenvalue weighted by atomic mass is 16.5. The van der Waals surface area contributed by atoms with Gasteiger partial charge in [-0.15, -0.1) is 0 Å². The van der Waals surface area contributed by atoms with E-state index in [1.807, 2.05) is 42.3 Å². The Morgan fingerprint density at radius 2 is 2.20 bits per heavy atom. The van der Waals surface area contributed by atoms with Gasteiger partial charge in [0.25, 0.3) is 0 Å². The third kappa shape index (κ3) is 2.69. The van der Waals surface area contributed by atoms with Gasteiger partial charge in [-0.3, -0.25) is 0 Å². The second-order valence-electron chi connectivity index (χ2n) is 7.09. The van der Waals surface area contributed by atoms with Crippen molar-refractivity contribution in [3.05, 3.63) is 30.5 Å². The highest BCUT2D eigenvalue weighted by Crippen LogP contribution is 2.50. The van der Waals surface area contributed by atoms with Crippen LogP contribution in [0.2, 0.25) is 0 Å². The fourth-order valence-electron chi connectivity index (χ4n) is 4.33. The summed E-state index contributed by atoms with van der Waals surface area (Å²) in [5, 5.41) is 14.3. The number of urea groups is 1. The molecule has 0 radical (unpaired) electrons. The third-order valence-corrected chi connectivity index (χ3v) is 5.93. The molecule has 1 aromatic carbocycles. The van der Waals surface area contributed by atoms with Crippen LogP contribution in [0, 0.1) is 5.41 Å². The Balaban J connectivity index is 1.41. The van der Waals surface area contributed by atoms with E-state index in [4.69, 9.17) is 4.74 Å². The monoisotopic (exact) mass is 343 g/mol. The van der Waals surface area contributed by atoms with Crippen molar-refractivity contribution in [3.63, 3.8) is 0 Å². The molecule has 1 aliphatic carbocycles. The van der Waals surface area contributed by atoms with Crippen molar-refractivity contribution < 1.29 is 14.6 Å². The maximum absolute atomic E-state index is 12.7. The molecule has 6 heteroatoms. The normalized spacial score (nSPS) is 25.1. The molecule has 2 fully saturated rings. The molecular formula is C19H25N3O3. The minimum absolute atomic E-state index is 0.0784. The lowest BCUT2D eigenvalue weighted by molar-refractivity contribution is -0.207. The standard InChI is InChI=1S/C19H25N3O3/c1-2-25-17-12-16(23)19(17)7-10-22(11-8-19)18(24)21-15-5-3-4-14-13(15)6-9-20-14/h3-6,9,16-17,20,23H,2,7-8,10-12H2,1H3,(H,21,24)/t16-,17-/m1/s1. The number of fused-ring (bicyclic) bond motifs is 1. The maximum Gasteiger partial charge on any atom is 0.321 e. The molecule has 1 saturated heterocycles. The summed E-state index contributed by atoms with van der Waals surface area (Å²) in [6.07, 6.45) is 4.00. The number of amides is 2. The van der Waals surface area contributed by atoms with Crippen LogP contribution in [0.15, 0.2) is 30.5 Å². The van der Waals surface area contributed by atoms with Crippen molar-refractivity contribution in [1.29, 1.82) is 0 Å². The molecular weight excluding hydrogens is 318 g/mol. The second kappa shape index (κ2) is 6.35. The van der Waals surface area contributed by atoms with E-state index in [1.165, 1.54) is 0 Å². The molecule has 134 valence electrons. The van der Waals surface area contributed by atoms with Gasteiger partial charge in [-0.05, 0) is 38.0 Å². The average Bonchev–Trinajstić information content (AvgIpc) is 3.11. The van der Waals surface area contributed by atoms with E-state index in [2.05, 4.69) is 10.3 Å². The summed E-state index contributed by atoms with van der Waals surface area (Å²) in [5.41, 5.74) is 1.67. The molecule has 1 aliphatic heterocycles. The van der Waals surface area contributed by atoms with Crippen molar-refractivity contribution in [2.75, 3.05) is 25.0 Å². The summed E-state index contributed by atoms with van der Waals surface area (Å²) in [4.78, 5) is 17.6. The highest BCUT2D eigenvalue weighted by Gasteiger charge is 2.56. The molecule has 2 atom stereocenters. The van der Waals surface area contributed by atoms with Gasteiger partial charge in [-0.25, -0.2) is 4.79 Å². The van der Waals surface area contributed by atoms with Crippen LogP contribution in [0.1, 0.15) is 26.2 Å². The number of likely N-dealkylation sites (tertiary alicyclic amines) is 1. The number of piperidine rings is 1. The van der Waals surface area contributed by atoms with Gasteiger partial charge >= 0.3 is 6.03 Å². The van der Waals surface area contributed by atoms with Crippen molar-refractivity contribution in [2.24, 2.45) is 5.41 Å². The van der Waals surface area contributed by atoms with Crippen LogP contribution in [-0.2, 0) is 4.74 Å². The molecule has 25 heavy (non-hydrogen) atoms. The number of hydrogen-bond donors (Lipinski definition) is 3. The number of carbonyl (C=O) groups excluding carboxylic acids is 1. The fourth-order valence-corrected chi connectivity index (χ4v) is 4.33. The van der Waals surface area contributed by atoms with Gasteiger partial charge in [0.2, 0.25) is 0 Å². The van der Waals surface area contributed by atoms with Gasteiger partial charge < -0.3 is 25.0 Å². The molecule has 2 aliphatic rings. The van der Waals surface area contributed by atoms with Crippen LogP contribution in [0.3, 0.4) is 0 Å². The number of nitrogens with zero attached hydrogens (tertiary/aromatic N) is 1. The molecule has 1 spiro atoms. The van der Waals surface area contributed by atoms with E-state index in [0.29, 0.717) is 19.7 Å². The highest BCUT2D eigenvalue weighted by molar-refractivity contribution is 6.00. The molecule has 6 nitrogen and oxygen atoms in total. The number of aliphatic hydroxyl groups excluding tert-OH is 1. The van der Waals surface area contributed by atoms with Crippen molar-refractivity contribution >= 4 is 22.6 Å². The Labute approximate surface area is 147 Å². The minimum atomic E-state index is -0.303. The fraction of sp³-hybridized carbons (Fsp3) is 0.526. The largest absolute Gasteiger partial charge is 0.392 e. The number of hydrogen-bond acceptors (Lipinski definition) is 3. The lowest BCUT2D eigenvalue weighted by atomic mass is 9.58. The number of carbonyl (C=O) groups is 1. The van der Waals surface area contributed by atoms with Crippen LogP contribution < -0.4 is 5.32 Å². The molecule has 0 bridgehead atoms. The average molecular weight is 343 g/mol. The molecule has 2 heterocycles. The Bertz CT molecular complexity index is 762. The van der Waals surface area contributed by atoms with Crippen LogP contribution in [0.5, 0.6) is 0 Å². The number of aromatic nitrogens is 1. The number of aromatic amines is 1. The van der Waals surface area contributed by atoms with Crippen LogP contribution in [0.25, 0.3) is 10.9 Å². The third-order valence-electron chi connectivity index (χ3n) is 5.93. The van der Waals surface area contributed by atoms with E-state index >= 15 is 0 Å². The SMILES string of the molecule is CCO[C@@H]1C[C@@H](O)C12CCN(C(=O)Nc1cccc3[nH]ccc13)CC2.